The lowest BCUT2D eigenvalue weighted by molar-refractivity contribution is -0.117. The maximum absolute atomic E-state index is 12.7. The first-order valence-electron chi connectivity index (χ1n) is 11.2. The van der Waals surface area contributed by atoms with Gasteiger partial charge in [0.15, 0.2) is 5.78 Å². The van der Waals surface area contributed by atoms with Gasteiger partial charge in [0, 0.05) is 47.3 Å². The van der Waals surface area contributed by atoms with Crippen LogP contribution in [-0.2, 0) is 4.79 Å². The molecule has 2 heterocycles. The number of anilines is 1. The number of nitrogens with one attached hydrogen (secondary N) is 1. The third-order valence-corrected chi connectivity index (χ3v) is 7.02. The average Bonchev–Trinajstić information content (AvgIpc) is 2.85. The summed E-state index contributed by atoms with van der Waals surface area (Å²) in [5.74, 6) is 2.07. The van der Waals surface area contributed by atoms with Crippen molar-refractivity contribution in [3.05, 3.63) is 65.7 Å². The second kappa shape index (κ2) is 10.8. The Morgan fingerprint density at radius 2 is 1.56 bits per heavy atom. The molecule has 168 valence electrons. The van der Waals surface area contributed by atoms with Crippen LogP contribution in [0.5, 0.6) is 0 Å². The lowest BCUT2D eigenvalue weighted by Crippen LogP contribution is -2.40. The van der Waals surface area contributed by atoms with Crippen molar-refractivity contribution in [3.63, 3.8) is 0 Å². The maximum atomic E-state index is 12.7. The highest BCUT2D eigenvalue weighted by Gasteiger charge is 2.26. The fraction of sp³-hybridized carbons (Fsp3) is 0.400. The molecule has 1 N–H and O–H groups in total. The first kappa shape index (κ1) is 22.6. The van der Waals surface area contributed by atoms with Crippen molar-refractivity contribution in [2.24, 2.45) is 5.92 Å². The van der Waals surface area contributed by atoms with Crippen LogP contribution in [0.25, 0.3) is 0 Å². The van der Waals surface area contributed by atoms with Crippen LogP contribution >= 0.6 is 11.8 Å². The van der Waals surface area contributed by atoms with E-state index in [1.165, 1.54) is 0 Å². The second-order valence-corrected chi connectivity index (χ2v) is 9.54. The first-order chi connectivity index (χ1) is 15.6. The molecule has 6 nitrogen and oxygen atoms in total. The molecule has 0 spiro atoms. The highest BCUT2D eigenvalue weighted by molar-refractivity contribution is 7.99. The number of carbonyl (C=O) groups excluding carboxylic acids is 3. The average molecular weight is 452 g/mol. The minimum Gasteiger partial charge on any atom is -0.337 e. The number of rotatable bonds is 6. The Morgan fingerprint density at radius 3 is 2.28 bits per heavy atom. The monoisotopic (exact) mass is 451 g/mol. The summed E-state index contributed by atoms with van der Waals surface area (Å²) in [6.07, 6.45) is 1.53. The van der Waals surface area contributed by atoms with Crippen LogP contribution in [-0.4, -0.2) is 71.6 Å². The van der Waals surface area contributed by atoms with E-state index in [-0.39, 0.29) is 30.1 Å². The van der Waals surface area contributed by atoms with E-state index in [0.717, 1.165) is 56.1 Å². The number of hydrogen-bond donors (Lipinski definition) is 1. The standard InChI is InChI=1S/C25H29N3O3S/c29-23(18-27-11-9-20(10-12-27)24(30)19-5-2-1-3-6-19)26-22-8-4-7-21(17-22)25(31)28-13-15-32-16-14-28/h1-8,17,20H,9-16,18H2,(H,26,29). The first-order valence-corrected chi connectivity index (χ1v) is 12.3. The number of thioether (sulfide) groups is 1. The van der Waals surface area contributed by atoms with E-state index < -0.39 is 0 Å². The van der Waals surface area contributed by atoms with E-state index in [0.29, 0.717) is 11.3 Å². The highest BCUT2D eigenvalue weighted by atomic mass is 32.2. The molecular formula is C25H29N3O3S. The van der Waals surface area contributed by atoms with Crippen LogP contribution < -0.4 is 5.32 Å². The molecular weight excluding hydrogens is 422 g/mol. The zero-order chi connectivity index (χ0) is 22.3. The Kier molecular flexibility index (Phi) is 7.60. The quantitative estimate of drug-likeness (QED) is 0.682. The van der Waals surface area contributed by atoms with Gasteiger partial charge in [0.2, 0.25) is 5.91 Å². The number of likely N-dealkylation sites (tertiary alicyclic amines) is 1. The van der Waals surface area contributed by atoms with E-state index in [1.54, 1.807) is 12.1 Å². The zero-order valence-electron chi connectivity index (χ0n) is 18.2. The summed E-state index contributed by atoms with van der Waals surface area (Å²) in [5.41, 5.74) is 2.01. The van der Waals surface area contributed by atoms with Crippen molar-refractivity contribution in [1.29, 1.82) is 0 Å². The molecule has 2 saturated heterocycles. The van der Waals surface area contributed by atoms with Crippen molar-refractivity contribution >= 4 is 35.0 Å². The van der Waals surface area contributed by atoms with Crippen molar-refractivity contribution in [2.45, 2.75) is 12.8 Å². The number of benzene rings is 2. The van der Waals surface area contributed by atoms with Crippen LogP contribution in [0.2, 0.25) is 0 Å². The van der Waals surface area contributed by atoms with Crippen LogP contribution in [0.4, 0.5) is 5.69 Å². The molecule has 4 rings (SSSR count). The number of carbonyl (C=O) groups is 3. The van der Waals surface area contributed by atoms with Crippen molar-refractivity contribution < 1.29 is 14.4 Å². The summed E-state index contributed by atoms with van der Waals surface area (Å²) in [6, 6.07) is 16.6. The molecule has 2 aliphatic heterocycles. The summed E-state index contributed by atoms with van der Waals surface area (Å²) in [6.45, 7) is 3.27. The molecule has 2 aromatic rings. The normalized spacial score (nSPS) is 17.7. The van der Waals surface area contributed by atoms with Gasteiger partial charge in [0.1, 0.15) is 0 Å². The van der Waals surface area contributed by atoms with Gasteiger partial charge in [-0.1, -0.05) is 36.4 Å². The van der Waals surface area contributed by atoms with Gasteiger partial charge in [-0.3, -0.25) is 19.3 Å². The molecule has 0 unspecified atom stereocenters. The predicted octanol–water partition coefficient (Wildman–Crippen LogP) is 3.41. The van der Waals surface area contributed by atoms with Gasteiger partial charge < -0.3 is 10.2 Å². The summed E-state index contributed by atoms with van der Waals surface area (Å²) in [5, 5.41) is 2.92. The van der Waals surface area contributed by atoms with Crippen LogP contribution in [0.15, 0.2) is 54.6 Å². The number of nitrogens with zero attached hydrogens (tertiary/aromatic N) is 2. The van der Waals surface area contributed by atoms with E-state index in [1.807, 2.05) is 59.1 Å². The number of Topliss-reactive ketones (excluding diaryl/α,β-unsaturated/α-hetero) is 1. The Morgan fingerprint density at radius 1 is 0.875 bits per heavy atom. The third-order valence-electron chi connectivity index (χ3n) is 6.08. The molecule has 7 heteroatoms. The van der Waals surface area contributed by atoms with E-state index in [9.17, 15) is 14.4 Å². The Bertz CT molecular complexity index is 952. The van der Waals surface area contributed by atoms with Gasteiger partial charge in [-0.05, 0) is 44.1 Å². The molecule has 0 bridgehead atoms. The van der Waals surface area contributed by atoms with Crippen molar-refractivity contribution in [2.75, 3.05) is 49.5 Å². The molecule has 2 amide bonds. The van der Waals surface area contributed by atoms with Crippen LogP contribution in [0.1, 0.15) is 33.6 Å². The summed E-state index contributed by atoms with van der Waals surface area (Å²) < 4.78 is 0. The van der Waals surface area contributed by atoms with Crippen LogP contribution in [0.3, 0.4) is 0 Å². The number of ketones is 1. The molecule has 32 heavy (non-hydrogen) atoms. The van der Waals surface area contributed by atoms with E-state index in [2.05, 4.69) is 10.2 Å². The van der Waals surface area contributed by atoms with E-state index in [4.69, 9.17) is 0 Å². The molecule has 2 aliphatic rings. The van der Waals surface area contributed by atoms with Gasteiger partial charge >= 0.3 is 0 Å². The van der Waals surface area contributed by atoms with Gasteiger partial charge in [-0.15, -0.1) is 0 Å². The van der Waals surface area contributed by atoms with Crippen molar-refractivity contribution in [1.82, 2.24) is 9.80 Å². The van der Waals surface area contributed by atoms with Gasteiger partial charge in [-0.25, -0.2) is 0 Å². The van der Waals surface area contributed by atoms with Gasteiger partial charge in [-0.2, -0.15) is 11.8 Å². The number of piperidine rings is 1. The Balaban J connectivity index is 1.26. The topological polar surface area (TPSA) is 69.7 Å². The Labute approximate surface area is 193 Å². The molecule has 0 saturated carbocycles. The zero-order valence-corrected chi connectivity index (χ0v) is 19.0. The molecule has 0 aromatic heterocycles. The molecule has 0 atom stereocenters. The largest absolute Gasteiger partial charge is 0.337 e. The third kappa shape index (κ3) is 5.78. The van der Waals surface area contributed by atoms with E-state index >= 15 is 0 Å². The maximum Gasteiger partial charge on any atom is 0.253 e. The molecule has 0 radical (unpaired) electrons. The second-order valence-electron chi connectivity index (χ2n) is 8.31. The number of amides is 2. The molecule has 2 aromatic carbocycles. The molecule has 2 fully saturated rings. The van der Waals surface area contributed by atoms with Crippen molar-refractivity contribution in [3.8, 4) is 0 Å². The summed E-state index contributed by atoms with van der Waals surface area (Å²) in [4.78, 5) is 41.9. The minimum absolute atomic E-state index is 0.0200. The Hall–Kier alpha value is -2.64. The fourth-order valence-electron chi connectivity index (χ4n) is 4.27. The van der Waals surface area contributed by atoms with Gasteiger partial charge in [0.25, 0.3) is 5.91 Å². The van der Waals surface area contributed by atoms with Gasteiger partial charge in [0.05, 0.1) is 6.54 Å². The van der Waals surface area contributed by atoms with Crippen LogP contribution in [0, 0.1) is 5.92 Å². The highest BCUT2D eigenvalue weighted by Crippen LogP contribution is 2.22. The molecule has 0 aliphatic carbocycles. The lowest BCUT2D eigenvalue weighted by Gasteiger charge is -2.30. The SMILES string of the molecule is O=C(CN1CCC(C(=O)c2ccccc2)CC1)Nc1cccc(C(=O)N2CCSCC2)c1. The minimum atomic E-state index is -0.100. The summed E-state index contributed by atoms with van der Waals surface area (Å²) in [7, 11) is 0. The summed E-state index contributed by atoms with van der Waals surface area (Å²) >= 11 is 1.87. The smallest absolute Gasteiger partial charge is 0.253 e. The lowest BCUT2D eigenvalue weighted by atomic mass is 9.89. The fourth-order valence-corrected chi connectivity index (χ4v) is 5.18. The number of hydrogen-bond acceptors (Lipinski definition) is 5. The predicted molar refractivity (Wildman–Crippen MR) is 128 cm³/mol.